The molecule has 150 valence electrons. The van der Waals surface area contributed by atoms with Gasteiger partial charge in [0.25, 0.3) is 5.91 Å². The molecular formula is C22H22N2O5. The number of amides is 1. The maximum atomic E-state index is 13.4. The van der Waals surface area contributed by atoms with E-state index in [1.54, 1.807) is 4.57 Å². The number of nitrogens with zero attached hydrogens (tertiary/aromatic N) is 2. The van der Waals surface area contributed by atoms with Crippen LogP contribution in [0.3, 0.4) is 0 Å². The van der Waals surface area contributed by atoms with Gasteiger partial charge in [-0.05, 0) is 30.7 Å². The molecule has 2 fully saturated rings. The van der Waals surface area contributed by atoms with Crippen molar-refractivity contribution in [2.24, 2.45) is 5.92 Å². The quantitative estimate of drug-likeness (QED) is 0.861. The minimum absolute atomic E-state index is 0.0905. The molecule has 7 nitrogen and oxygen atoms in total. The van der Waals surface area contributed by atoms with Crippen molar-refractivity contribution < 1.29 is 19.4 Å². The van der Waals surface area contributed by atoms with E-state index in [9.17, 15) is 19.5 Å². The molecule has 29 heavy (non-hydrogen) atoms. The lowest BCUT2D eigenvalue weighted by Gasteiger charge is -2.44. The van der Waals surface area contributed by atoms with Crippen LogP contribution >= 0.6 is 0 Å². The van der Waals surface area contributed by atoms with E-state index >= 15 is 0 Å². The Morgan fingerprint density at radius 1 is 1.24 bits per heavy atom. The van der Waals surface area contributed by atoms with Crippen LogP contribution in [-0.2, 0) is 13.2 Å². The lowest BCUT2D eigenvalue weighted by Crippen LogP contribution is -2.55. The van der Waals surface area contributed by atoms with Gasteiger partial charge in [-0.25, -0.2) is 4.79 Å². The largest absolute Gasteiger partial charge is 0.483 e. The van der Waals surface area contributed by atoms with Crippen molar-refractivity contribution in [3.63, 3.8) is 0 Å². The lowest BCUT2D eigenvalue weighted by atomic mass is 9.79. The molecule has 2 aromatic rings. The van der Waals surface area contributed by atoms with Crippen molar-refractivity contribution in [1.82, 2.24) is 9.47 Å². The molecule has 1 aromatic carbocycles. The molecule has 1 saturated heterocycles. The number of hydrogen-bond donors (Lipinski definition) is 1. The summed E-state index contributed by atoms with van der Waals surface area (Å²) in [5.74, 6) is -1.22. The Morgan fingerprint density at radius 3 is 2.79 bits per heavy atom. The SMILES string of the molecule is O=C(O)c1cn2c(c(OCc3ccccc3)c1=O)C(=O)N1C[C@H]3CCC[C@@]1(C3)C2. The third-order valence-electron chi connectivity index (χ3n) is 6.54. The van der Waals surface area contributed by atoms with E-state index in [-0.39, 0.29) is 35.1 Å². The lowest BCUT2D eigenvalue weighted by molar-refractivity contribution is 0.0414. The molecule has 3 aliphatic rings. The Hall–Kier alpha value is -3.09. The maximum absolute atomic E-state index is 13.4. The first-order valence-corrected chi connectivity index (χ1v) is 9.98. The number of rotatable bonds is 4. The predicted octanol–water partition coefficient (Wildman–Crippen LogP) is 2.52. The second-order valence-electron chi connectivity index (χ2n) is 8.36. The first-order valence-electron chi connectivity index (χ1n) is 9.98. The zero-order valence-electron chi connectivity index (χ0n) is 16.0. The summed E-state index contributed by atoms with van der Waals surface area (Å²) < 4.78 is 7.45. The van der Waals surface area contributed by atoms with Gasteiger partial charge in [0, 0.05) is 19.3 Å². The number of aromatic nitrogens is 1. The van der Waals surface area contributed by atoms with Crippen molar-refractivity contribution in [1.29, 1.82) is 0 Å². The van der Waals surface area contributed by atoms with Gasteiger partial charge in [0.2, 0.25) is 5.43 Å². The number of carbonyl (C=O) groups is 2. The zero-order chi connectivity index (χ0) is 20.2. The maximum Gasteiger partial charge on any atom is 0.341 e. The third kappa shape index (κ3) is 2.75. The van der Waals surface area contributed by atoms with Gasteiger partial charge in [0.1, 0.15) is 12.2 Å². The summed E-state index contributed by atoms with van der Waals surface area (Å²) >= 11 is 0. The molecule has 1 aliphatic carbocycles. The second-order valence-corrected chi connectivity index (χ2v) is 8.36. The number of carbonyl (C=O) groups excluding carboxylic acids is 1. The van der Waals surface area contributed by atoms with Crippen molar-refractivity contribution in [3.05, 3.63) is 63.6 Å². The van der Waals surface area contributed by atoms with Crippen LogP contribution in [0, 0.1) is 5.92 Å². The monoisotopic (exact) mass is 394 g/mol. The number of carboxylic acids is 1. The summed E-state index contributed by atoms with van der Waals surface area (Å²) in [7, 11) is 0. The Balaban J connectivity index is 1.61. The van der Waals surface area contributed by atoms with Gasteiger partial charge in [0.15, 0.2) is 11.4 Å². The van der Waals surface area contributed by atoms with Crippen LogP contribution in [0.25, 0.3) is 0 Å². The van der Waals surface area contributed by atoms with Gasteiger partial charge >= 0.3 is 5.97 Å². The first-order chi connectivity index (χ1) is 14.0. The van der Waals surface area contributed by atoms with E-state index in [4.69, 9.17) is 4.74 Å². The molecule has 2 atom stereocenters. The third-order valence-corrected chi connectivity index (χ3v) is 6.54. The molecule has 2 bridgehead atoms. The molecule has 3 heterocycles. The molecule has 2 aliphatic heterocycles. The predicted molar refractivity (Wildman–Crippen MR) is 104 cm³/mol. The van der Waals surface area contributed by atoms with E-state index < -0.39 is 11.4 Å². The van der Waals surface area contributed by atoms with Crippen LogP contribution in [0.15, 0.2) is 41.3 Å². The highest BCUT2D eigenvalue weighted by molar-refractivity contribution is 5.98. The molecule has 1 spiro atoms. The van der Waals surface area contributed by atoms with Crippen molar-refractivity contribution in [3.8, 4) is 5.75 Å². The summed E-state index contributed by atoms with van der Waals surface area (Å²) in [6, 6.07) is 9.29. The Bertz CT molecular complexity index is 1060. The fraction of sp³-hybridized carbons (Fsp3) is 0.409. The van der Waals surface area contributed by atoms with Gasteiger partial charge in [-0.3, -0.25) is 9.59 Å². The van der Waals surface area contributed by atoms with Crippen molar-refractivity contribution >= 4 is 11.9 Å². The van der Waals surface area contributed by atoms with Crippen LogP contribution in [0.5, 0.6) is 5.75 Å². The van der Waals surface area contributed by atoms with Crippen molar-refractivity contribution in [2.45, 2.75) is 44.4 Å². The highest BCUT2D eigenvalue weighted by Gasteiger charge is 2.54. The van der Waals surface area contributed by atoms with E-state index in [1.807, 2.05) is 35.2 Å². The number of ether oxygens (including phenoxy) is 1. The average molecular weight is 394 g/mol. The highest BCUT2D eigenvalue weighted by Crippen LogP contribution is 2.48. The summed E-state index contributed by atoms with van der Waals surface area (Å²) in [5, 5.41) is 9.54. The summed E-state index contributed by atoms with van der Waals surface area (Å²) in [5.41, 5.74) is -0.364. The van der Waals surface area contributed by atoms with Crippen LogP contribution in [0.4, 0.5) is 0 Å². The number of carboxylic acid groups (broad SMARTS) is 1. The Labute approximate surface area is 167 Å². The van der Waals surface area contributed by atoms with Gasteiger partial charge in [0.05, 0.1) is 5.54 Å². The smallest absolute Gasteiger partial charge is 0.341 e. The molecule has 1 aromatic heterocycles. The molecule has 0 unspecified atom stereocenters. The molecular weight excluding hydrogens is 372 g/mol. The number of benzene rings is 1. The zero-order valence-corrected chi connectivity index (χ0v) is 16.0. The fourth-order valence-electron chi connectivity index (χ4n) is 5.29. The number of aromatic carboxylic acids is 1. The topological polar surface area (TPSA) is 88.8 Å². The van der Waals surface area contributed by atoms with Gasteiger partial charge in [-0.15, -0.1) is 0 Å². The summed E-state index contributed by atoms with van der Waals surface area (Å²) in [4.78, 5) is 39.9. The summed E-state index contributed by atoms with van der Waals surface area (Å²) in [6.45, 7) is 1.30. The van der Waals surface area contributed by atoms with Crippen LogP contribution in [0.2, 0.25) is 0 Å². The van der Waals surface area contributed by atoms with Gasteiger partial charge < -0.3 is 19.3 Å². The standard InChI is InChI=1S/C22H22N2O5/c25-18-16(21(27)28)11-23-13-22-8-4-7-15(9-22)10-24(22)20(26)17(23)19(18)29-12-14-5-2-1-3-6-14/h1-3,5-6,11,15H,4,7-10,12-13H2,(H,27,28)/t15-,22+/m0/s1. The molecule has 1 saturated carbocycles. The molecule has 7 heteroatoms. The highest BCUT2D eigenvalue weighted by atomic mass is 16.5. The van der Waals surface area contributed by atoms with E-state index in [2.05, 4.69) is 0 Å². The summed E-state index contributed by atoms with van der Waals surface area (Å²) in [6.07, 6.45) is 5.34. The molecule has 0 radical (unpaired) electrons. The second kappa shape index (κ2) is 6.47. The minimum Gasteiger partial charge on any atom is -0.483 e. The van der Waals surface area contributed by atoms with Crippen LogP contribution in [0.1, 0.15) is 52.1 Å². The van der Waals surface area contributed by atoms with E-state index in [0.29, 0.717) is 19.0 Å². The fourth-order valence-corrected chi connectivity index (χ4v) is 5.29. The minimum atomic E-state index is -1.31. The van der Waals surface area contributed by atoms with Gasteiger partial charge in [-0.1, -0.05) is 36.8 Å². The first kappa shape index (κ1) is 18.0. The van der Waals surface area contributed by atoms with Crippen molar-refractivity contribution in [2.75, 3.05) is 6.54 Å². The average Bonchev–Trinajstić information content (AvgIpc) is 2.97. The number of hydrogen-bond acceptors (Lipinski definition) is 4. The van der Waals surface area contributed by atoms with E-state index in [1.165, 1.54) is 6.20 Å². The number of pyridine rings is 1. The van der Waals surface area contributed by atoms with Crippen LogP contribution in [-0.4, -0.2) is 38.5 Å². The Morgan fingerprint density at radius 2 is 2.03 bits per heavy atom. The van der Waals surface area contributed by atoms with E-state index in [0.717, 1.165) is 31.2 Å². The normalized spacial score (nSPS) is 24.8. The van der Waals surface area contributed by atoms with Crippen LogP contribution < -0.4 is 10.2 Å². The van der Waals surface area contributed by atoms with Gasteiger partial charge in [-0.2, -0.15) is 0 Å². The Kier molecular flexibility index (Phi) is 4.01. The molecule has 1 amide bonds. The molecule has 1 N–H and O–H groups in total. The molecule has 5 rings (SSSR count). The number of fused-ring (bicyclic) bond motifs is 2.